The summed E-state index contributed by atoms with van der Waals surface area (Å²) in [4.78, 5) is 16.2. The number of carbonyl (C=O) groups excluding carboxylic acids is 1. The minimum atomic E-state index is -4.71. The van der Waals surface area contributed by atoms with Crippen LogP contribution in [0.3, 0.4) is 0 Å². The summed E-state index contributed by atoms with van der Waals surface area (Å²) in [6.07, 6.45) is -2.43. The van der Waals surface area contributed by atoms with Crippen LogP contribution in [0, 0.1) is 0 Å². The average Bonchev–Trinajstić information content (AvgIpc) is 3.52. The second-order valence-corrected chi connectivity index (χ2v) is 7.08. The first-order valence-electron chi connectivity index (χ1n) is 9.82. The van der Waals surface area contributed by atoms with Gasteiger partial charge in [-0.05, 0) is 18.2 Å². The Morgan fingerprint density at radius 1 is 1.09 bits per heavy atom. The molecule has 0 aliphatic rings. The van der Waals surface area contributed by atoms with Gasteiger partial charge in [0.1, 0.15) is 12.4 Å². The maximum Gasteiger partial charge on any atom is 0.455 e. The van der Waals surface area contributed by atoms with E-state index in [2.05, 4.69) is 30.8 Å². The number of fused-ring (bicyclic) bond motifs is 2. The van der Waals surface area contributed by atoms with E-state index in [4.69, 9.17) is 4.52 Å². The van der Waals surface area contributed by atoms with Gasteiger partial charge in [-0.25, -0.2) is 0 Å². The monoisotopic (exact) mass is 456 g/mol. The van der Waals surface area contributed by atoms with Gasteiger partial charge in [0.05, 0.1) is 5.52 Å². The largest absolute Gasteiger partial charge is 0.455 e. The molecular weight excluding hydrogens is 441 g/mol. The molecule has 0 aliphatic heterocycles. The highest BCUT2D eigenvalue weighted by Gasteiger charge is 2.37. The lowest BCUT2D eigenvalue weighted by Gasteiger charge is -2.03. The van der Waals surface area contributed by atoms with Crippen molar-refractivity contribution in [3.8, 4) is 0 Å². The van der Waals surface area contributed by atoms with E-state index in [1.165, 1.54) is 4.68 Å². The second-order valence-electron chi connectivity index (χ2n) is 7.08. The van der Waals surface area contributed by atoms with Crippen LogP contribution in [-0.2, 0) is 19.1 Å². The maximum absolute atomic E-state index is 12.8. The van der Waals surface area contributed by atoms with Crippen LogP contribution < -0.4 is 5.32 Å². The molecule has 10 nitrogen and oxygen atoms in total. The van der Waals surface area contributed by atoms with Crippen LogP contribution in [0.4, 0.5) is 13.2 Å². The molecule has 13 heteroatoms. The highest BCUT2D eigenvalue weighted by Crippen LogP contribution is 2.26. The third kappa shape index (κ3) is 4.00. The summed E-state index contributed by atoms with van der Waals surface area (Å²) in [6, 6.07) is 12.4. The van der Waals surface area contributed by atoms with Gasteiger partial charge in [-0.2, -0.15) is 23.3 Å². The number of carbonyl (C=O) groups is 1. The fourth-order valence-corrected chi connectivity index (χ4v) is 3.41. The van der Waals surface area contributed by atoms with Gasteiger partial charge in [-0.3, -0.25) is 13.9 Å². The zero-order valence-corrected chi connectivity index (χ0v) is 16.8. The van der Waals surface area contributed by atoms with Crippen LogP contribution in [0.2, 0.25) is 0 Å². The summed E-state index contributed by atoms with van der Waals surface area (Å²) in [5, 5.41) is 18.8. The summed E-state index contributed by atoms with van der Waals surface area (Å²) >= 11 is 0. The molecule has 168 valence electrons. The van der Waals surface area contributed by atoms with Crippen LogP contribution in [0.5, 0.6) is 0 Å². The zero-order valence-electron chi connectivity index (χ0n) is 16.8. The lowest BCUT2D eigenvalue weighted by Crippen LogP contribution is -2.27. The van der Waals surface area contributed by atoms with Gasteiger partial charge in [0.25, 0.3) is 11.7 Å². The van der Waals surface area contributed by atoms with E-state index in [-0.39, 0.29) is 24.7 Å². The Balaban J connectivity index is 1.33. The van der Waals surface area contributed by atoms with E-state index in [0.29, 0.717) is 28.8 Å². The zero-order chi connectivity index (χ0) is 23.0. The molecule has 0 saturated heterocycles. The van der Waals surface area contributed by atoms with Gasteiger partial charge in [-0.15, -0.1) is 10.2 Å². The second kappa shape index (κ2) is 8.00. The van der Waals surface area contributed by atoms with Crippen molar-refractivity contribution in [2.24, 2.45) is 0 Å². The normalized spacial score (nSPS) is 12.0. The molecule has 0 saturated carbocycles. The summed E-state index contributed by atoms with van der Waals surface area (Å²) in [5.74, 6) is -1.38. The summed E-state index contributed by atoms with van der Waals surface area (Å²) in [6.45, 7) is 0.0664. The van der Waals surface area contributed by atoms with E-state index in [9.17, 15) is 18.0 Å². The number of nitrogens with one attached hydrogen (secondary N) is 1. The third-order valence-corrected chi connectivity index (χ3v) is 4.90. The molecule has 1 aromatic carbocycles. The van der Waals surface area contributed by atoms with Gasteiger partial charge in [0.15, 0.2) is 11.3 Å². The maximum atomic E-state index is 12.8. The van der Waals surface area contributed by atoms with Crippen molar-refractivity contribution in [2.75, 3.05) is 6.54 Å². The molecule has 0 atom stereocenters. The molecule has 0 unspecified atom stereocenters. The van der Waals surface area contributed by atoms with Crippen LogP contribution in [0.15, 0.2) is 53.2 Å². The molecule has 1 N–H and O–H groups in total. The number of halogens is 3. The quantitative estimate of drug-likeness (QED) is 0.417. The highest BCUT2D eigenvalue weighted by molar-refractivity contribution is 6.04. The first-order valence-corrected chi connectivity index (χ1v) is 9.82. The number of amides is 1. The highest BCUT2D eigenvalue weighted by atomic mass is 19.4. The number of aromatic nitrogens is 7. The number of alkyl halides is 3. The molecule has 5 aromatic rings. The Bertz CT molecular complexity index is 1450. The summed E-state index contributed by atoms with van der Waals surface area (Å²) in [5.41, 5.74) is 1.38. The van der Waals surface area contributed by atoms with Crippen molar-refractivity contribution in [3.63, 3.8) is 0 Å². The molecule has 5 rings (SSSR count). The first-order chi connectivity index (χ1) is 15.9. The average molecular weight is 456 g/mol. The number of benzene rings is 1. The van der Waals surface area contributed by atoms with Gasteiger partial charge in [0, 0.05) is 24.5 Å². The number of rotatable bonds is 6. The minimum Gasteiger partial charge on any atom is -0.350 e. The predicted octanol–water partition coefficient (Wildman–Crippen LogP) is 2.50. The van der Waals surface area contributed by atoms with Crippen molar-refractivity contribution in [1.82, 2.24) is 39.8 Å². The summed E-state index contributed by atoms with van der Waals surface area (Å²) in [7, 11) is 0. The molecule has 0 aliphatic carbocycles. The van der Waals surface area contributed by atoms with Crippen LogP contribution in [0.25, 0.3) is 16.6 Å². The lowest BCUT2D eigenvalue weighted by atomic mass is 10.2. The Morgan fingerprint density at radius 2 is 1.91 bits per heavy atom. The van der Waals surface area contributed by atoms with Crippen molar-refractivity contribution in [3.05, 3.63) is 71.9 Å². The van der Waals surface area contributed by atoms with Gasteiger partial charge < -0.3 is 9.84 Å². The number of hydrogen-bond acceptors (Lipinski definition) is 7. The Labute approximate surface area is 183 Å². The minimum absolute atomic E-state index is 0.132. The molecule has 33 heavy (non-hydrogen) atoms. The van der Waals surface area contributed by atoms with Crippen LogP contribution in [0.1, 0.15) is 28.0 Å². The van der Waals surface area contributed by atoms with Crippen LogP contribution in [-0.4, -0.2) is 47.0 Å². The van der Waals surface area contributed by atoms with Gasteiger partial charge in [0.2, 0.25) is 5.89 Å². The van der Waals surface area contributed by atoms with Crippen molar-refractivity contribution >= 4 is 22.5 Å². The summed E-state index contributed by atoms with van der Waals surface area (Å²) < 4.78 is 46.1. The Hall–Kier alpha value is -4.29. The van der Waals surface area contributed by atoms with Crippen molar-refractivity contribution in [1.29, 1.82) is 0 Å². The van der Waals surface area contributed by atoms with Crippen molar-refractivity contribution in [2.45, 2.75) is 19.1 Å². The van der Waals surface area contributed by atoms with E-state index >= 15 is 0 Å². The molecule has 0 spiro atoms. The molecular formula is C20H15F3N8O2. The molecule has 4 heterocycles. The molecule has 0 fully saturated rings. The smallest absolute Gasteiger partial charge is 0.350 e. The lowest BCUT2D eigenvalue weighted by molar-refractivity contribution is -0.146. The number of hydrogen-bond donors (Lipinski definition) is 1. The van der Waals surface area contributed by atoms with E-state index in [1.807, 2.05) is 28.8 Å². The number of para-hydroxylation sites is 1. The Kier molecular flexibility index (Phi) is 4.99. The van der Waals surface area contributed by atoms with E-state index < -0.39 is 17.9 Å². The predicted molar refractivity (Wildman–Crippen MR) is 107 cm³/mol. The first kappa shape index (κ1) is 20.6. The number of nitrogens with zero attached hydrogens (tertiary/aromatic N) is 7. The molecule has 0 bridgehead atoms. The topological polar surface area (TPSA) is 116 Å². The molecule has 0 radical (unpaired) electrons. The molecule has 4 aromatic heterocycles. The van der Waals surface area contributed by atoms with E-state index in [0.717, 1.165) is 0 Å². The third-order valence-electron chi connectivity index (χ3n) is 4.90. The van der Waals surface area contributed by atoms with Gasteiger partial charge in [-0.1, -0.05) is 29.4 Å². The van der Waals surface area contributed by atoms with Gasteiger partial charge >= 0.3 is 6.18 Å². The standard InChI is InChI=1S/C20H15F3N8O2/c21-20(22,23)19-25-16(33-29-19)11-31-13-6-2-1-5-12(13)17(28-31)18(32)24-9-8-15-27-26-14-7-3-4-10-30(14)15/h1-7,10H,8-9,11H2,(H,24,32). The SMILES string of the molecule is O=C(NCCc1nnc2ccccn12)c1nn(Cc2nc(C(F)(F)F)no2)c2ccccc12. The number of pyridine rings is 1. The van der Waals surface area contributed by atoms with Crippen LogP contribution >= 0.6 is 0 Å². The fourth-order valence-electron chi connectivity index (χ4n) is 3.41. The van der Waals surface area contributed by atoms with Crippen molar-refractivity contribution < 1.29 is 22.5 Å². The van der Waals surface area contributed by atoms with E-state index in [1.54, 1.807) is 24.3 Å². The Morgan fingerprint density at radius 3 is 2.73 bits per heavy atom. The fraction of sp³-hybridized carbons (Fsp3) is 0.200. The molecule has 1 amide bonds.